The van der Waals surface area contributed by atoms with Gasteiger partial charge in [-0.15, -0.1) is 0 Å². The Morgan fingerprint density at radius 2 is 1.96 bits per heavy atom. The normalized spacial score (nSPS) is 17.5. The van der Waals surface area contributed by atoms with E-state index in [1.807, 2.05) is 19.1 Å². The monoisotopic (exact) mass is 343 g/mol. The van der Waals surface area contributed by atoms with Gasteiger partial charge in [0.15, 0.2) is 0 Å². The van der Waals surface area contributed by atoms with Crippen LogP contribution in [0, 0.1) is 0 Å². The summed E-state index contributed by atoms with van der Waals surface area (Å²) in [6.45, 7) is 3.45. The van der Waals surface area contributed by atoms with Crippen LogP contribution in [0.4, 0.5) is 0 Å². The molecule has 1 amide bonds. The zero-order valence-electron chi connectivity index (χ0n) is 14.1. The summed E-state index contributed by atoms with van der Waals surface area (Å²) in [4.78, 5) is 25.5. The summed E-state index contributed by atoms with van der Waals surface area (Å²) in [6, 6.07) is 10.00. The van der Waals surface area contributed by atoms with E-state index in [1.165, 1.54) is 12.1 Å². The molecule has 6 heteroatoms. The summed E-state index contributed by atoms with van der Waals surface area (Å²) in [7, 11) is 0. The predicted molar refractivity (Wildman–Crippen MR) is 90.5 cm³/mol. The smallest absolute Gasteiger partial charge is 0.335 e. The molecule has 2 aromatic rings. The van der Waals surface area contributed by atoms with Gasteiger partial charge in [-0.2, -0.15) is 0 Å². The van der Waals surface area contributed by atoms with Crippen LogP contribution in [-0.4, -0.2) is 41.6 Å². The van der Waals surface area contributed by atoms with Crippen molar-refractivity contribution in [2.24, 2.45) is 0 Å². The molecule has 1 aliphatic heterocycles. The minimum absolute atomic E-state index is 0.0224. The summed E-state index contributed by atoms with van der Waals surface area (Å²) >= 11 is 0. The Bertz CT molecular complexity index is 749. The number of hydrogen-bond donors (Lipinski definition) is 1. The third kappa shape index (κ3) is 3.91. The van der Waals surface area contributed by atoms with Crippen LogP contribution in [0.1, 0.15) is 40.4 Å². The molecular weight excluding hydrogens is 322 g/mol. The largest absolute Gasteiger partial charge is 0.478 e. The van der Waals surface area contributed by atoms with Crippen molar-refractivity contribution >= 4 is 11.9 Å². The van der Waals surface area contributed by atoms with Crippen LogP contribution in [0.25, 0.3) is 0 Å². The van der Waals surface area contributed by atoms with Crippen molar-refractivity contribution in [1.29, 1.82) is 0 Å². The molecule has 0 spiro atoms. The molecule has 1 aromatic carbocycles. The van der Waals surface area contributed by atoms with Gasteiger partial charge in [0.25, 0.3) is 0 Å². The van der Waals surface area contributed by atoms with Crippen LogP contribution in [-0.2, 0) is 22.4 Å². The lowest BCUT2D eigenvalue weighted by atomic mass is 10.1. The molecule has 1 saturated heterocycles. The molecule has 0 radical (unpaired) electrons. The number of carbonyl (C=O) groups is 2. The van der Waals surface area contributed by atoms with Crippen molar-refractivity contribution in [3.63, 3.8) is 0 Å². The molecule has 1 N–H and O–H groups in total. The molecule has 25 heavy (non-hydrogen) atoms. The number of carboxylic acid groups (broad SMARTS) is 1. The molecule has 3 rings (SSSR count). The molecule has 1 atom stereocenters. The summed E-state index contributed by atoms with van der Waals surface area (Å²) in [5.41, 5.74) is 0.997. The Morgan fingerprint density at radius 3 is 2.60 bits per heavy atom. The van der Waals surface area contributed by atoms with E-state index in [4.69, 9.17) is 14.3 Å². The maximum absolute atomic E-state index is 12.8. The van der Waals surface area contributed by atoms with Crippen LogP contribution in [0.3, 0.4) is 0 Å². The van der Waals surface area contributed by atoms with E-state index in [0.717, 1.165) is 23.5 Å². The van der Waals surface area contributed by atoms with Gasteiger partial charge < -0.3 is 19.2 Å². The molecule has 0 saturated carbocycles. The topological polar surface area (TPSA) is 80.0 Å². The first-order chi connectivity index (χ1) is 12.1. The SMILES string of the molecule is CCc1ccc(C2COCCN2C(=O)Cc2ccc(C(=O)O)cc2)o1. The van der Waals surface area contributed by atoms with Crippen molar-refractivity contribution in [2.75, 3.05) is 19.8 Å². The number of aromatic carboxylic acids is 1. The lowest BCUT2D eigenvalue weighted by Crippen LogP contribution is -2.44. The summed E-state index contributed by atoms with van der Waals surface area (Å²) in [5, 5.41) is 8.95. The maximum Gasteiger partial charge on any atom is 0.335 e. The number of carbonyl (C=O) groups excluding carboxylic acids is 1. The summed E-state index contributed by atoms with van der Waals surface area (Å²) in [5.74, 6) is 0.629. The van der Waals surface area contributed by atoms with Gasteiger partial charge >= 0.3 is 5.97 Å². The van der Waals surface area contributed by atoms with Gasteiger partial charge in [0.05, 0.1) is 25.2 Å². The van der Waals surface area contributed by atoms with Gasteiger partial charge in [0.2, 0.25) is 5.91 Å². The second-order valence-corrected chi connectivity index (χ2v) is 6.01. The molecular formula is C19H21NO5. The van der Waals surface area contributed by atoms with Crippen molar-refractivity contribution in [3.8, 4) is 0 Å². The number of carboxylic acids is 1. The number of amides is 1. The fourth-order valence-electron chi connectivity index (χ4n) is 2.94. The van der Waals surface area contributed by atoms with E-state index in [-0.39, 0.29) is 23.9 Å². The quantitative estimate of drug-likeness (QED) is 0.903. The van der Waals surface area contributed by atoms with Crippen molar-refractivity contribution < 1.29 is 23.8 Å². The van der Waals surface area contributed by atoms with Gasteiger partial charge in [-0.05, 0) is 29.8 Å². The Kier molecular flexibility index (Phi) is 5.19. The minimum atomic E-state index is -0.976. The fraction of sp³-hybridized carbons (Fsp3) is 0.368. The van der Waals surface area contributed by atoms with Crippen LogP contribution in [0.5, 0.6) is 0 Å². The number of hydrogen-bond acceptors (Lipinski definition) is 4. The average Bonchev–Trinajstić information content (AvgIpc) is 3.11. The number of rotatable bonds is 5. The Labute approximate surface area is 146 Å². The average molecular weight is 343 g/mol. The highest BCUT2D eigenvalue weighted by Crippen LogP contribution is 2.27. The van der Waals surface area contributed by atoms with E-state index in [1.54, 1.807) is 17.0 Å². The highest BCUT2D eigenvalue weighted by molar-refractivity contribution is 5.87. The molecule has 6 nitrogen and oxygen atoms in total. The molecule has 1 aliphatic rings. The maximum atomic E-state index is 12.8. The first-order valence-corrected chi connectivity index (χ1v) is 8.36. The van der Waals surface area contributed by atoms with E-state index in [2.05, 4.69) is 0 Å². The van der Waals surface area contributed by atoms with Crippen molar-refractivity contribution in [1.82, 2.24) is 4.90 Å². The van der Waals surface area contributed by atoms with Gasteiger partial charge in [-0.25, -0.2) is 4.79 Å². The van der Waals surface area contributed by atoms with Gasteiger partial charge in [-0.1, -0.05) is 19.1 Å². The van der Waals surface area contributed by atoms with E-state index >= 15 is 0 Å². The van der Waals surface area contributed by atoms with Crippen LogP contribution >= 0.6 is 0 Å². The molecule has 1 aromatic heterocycles. The van der Waals surface area contributed by atoms with Crippen molar-refractivity contribution in [3.05, 3.63) is 59.0 Å². The fourth-order valence-corrected chi connectivity index (χ4v) is 2.94. The van der Waals surface area contributed by atoms with Gasteiger partial charge in [0, 0.05) is 13.0 Å². The minimum Gasteiger partial charge on any atom is -0.478 e. The molecule has 132 valence electrons. The standard InChI is InChI=1S/C19H21NO5/c1-2-15-7-8-17(25-15)16-12-24-10-9-20(16)18(21)11-13-3-5-14(6-4-13)19(22)23/h3-8,16H,2,9-12H2,1H3,(H,22,23). The second-order valence-electron chi connectivity index (χ2n) is 6.01. The first kappa shape index (κ1) is 17.2. The second kappa shape index (κ2) is 7.53. The van der Waals surface area contributed by atoms with Crippen LogP contribution < -0.4 is 0 Å². The van der Waals surface area contributed by atoms with Crippen LogP contribution in [0.15, 0.2) is 40.8 Å². The molecule has 1 fully saturated rings. The number of aryl methyl sites for hydroxylation is 1. The van der Waals surface area contributed by atoms with E-state index < -0.39 is 5.97 Å². The molecule has 1 unspecified atom stereocenters. The molecule has 0 bridgehead atoms. The molecule has 2 heterocycles. The molecule has 0 aliphatic carbocycles. The van der Waals surface area contributed by atoms with E-state index in [9.17, 15) is 9.59 Å². The third-order valence-electron chi connectivity index (χ3n) is 4.36. The van der Waals surface area contributed by atoms with Crippen molar-refractivity contribution in [2.45, 2.75) is 25.8 Å². The highest BCUT2D eigenvalue weighted by Gasteiger charge is 2.30. The Hall–Kier alpha value is -2.60. The summed E-state index contributed by atoms with van der Waals surface area (Å²) in [6.07, 6.45) is 1.02. The number of benzene rings is 1. The number of nitrogens with zero attached hydrogens (tertiary/aromatic N) is 1. The number of morpholine rings is 1. The van der Waals surface area contributed by atoms with Gasteiger partial charge in [0.1, 0.15) is 17.6 Å². The lowest BCUT2D eigenvalue weighted by molar-refractivity contribution is -0.140. The zero-order chi connectivity index (χ0) is 17.8. The number of ether oxygens (including phenoxy) is 1. The van der Waals surface area contributed by atoms with E-state index in [0.29, 0.717) is 19.8 Å². The lowest BCUT2D eigenvalue weighted by Gasteiger charge is -2.34. The third-order valence-corrected chi connectivity index (χ3v) is 4.36. The predicted octanol–water partition coefficient (Wildman–Crippen LogP) is 2.68. The Morgan fingerprint density at radius 1 is 1.20 bits per heavy atom. The Balaban J connectivity index is 1.73. The zero-order valence-corrected chi connectivity index (χ0v) is 14.1. The van der Waals surface area contributed by atoms with Gasteiger partial charge in [-0.3, -0.25) is 4.79 Å². The number of furan rings is 1. The highest BCUT2D eigenvalue weighted by atomic mass is 16.5. The van der Waals surface area contributed by atoms with Crippen LogP contribution in [0.2, 0.25) is 0 Å². The summed E-state index contributed by atoms with van der Waals surface area (Å²) < 4.78 is 11.3. The first-order valence-electron chi connectivity index (χ1n) is 8.36.